The molecule has 0 radical (unpaired) electrons. The Morgan fingerprint density at radius 1 is 1.50 bits per heavy atom. The van der Waals surface area contributed by atoms with Crippen molar-refractivity contribution < 1.29 is 14.3 Å². The Kier molecular flexibility index (Phi) is 5.75. The van der Waals surface area contributed by atoms with Crippen molar-refractivity contribution in [3.8, 4) is 0 Å². The number of hydrogen-bond acceptors (Lipinski definition) is 4. The Bertz CT molecular complexity index is 267. The fraction of sp³-hybridized carbons (Fsp3) is 0.800. The fourth-order valence-electron chi connectivity index (χ4n) is 1.15. The predicted molar refractivity (Wildman–Crippen MR) is 62.2 cm³/mol. The molecule has 1 fully saturated rings. The van der Waals surface area contributed by atoms with Crippen molar-refractivity contribution in [1.82, 2.24) is 5.32 Å². The quantitative estimate of drug-likeness (QED) is 0.684. The lowest BCUT2D eigenvalue weighted by molar-refractivity contribution is -0.147. The van der Waals surface area contributed by atoms with Crippen LogP contribution in [0.1, 0.15) is 26.7 Å². The molecule has 0 aromatic rings. The number of halogens is 1. The minimum atomic E-state index is -0.672. The third-order valence-electron chi connectivity index (χ3n) is 2.50. The average Bonchev–Trinajstić information content (AvgIpc) is 2.94. The van der Waals surface area contributed by atoms with E-state index in [1.807, 2.05) is 0 Å². The molecule has 0 aromatic heterocycles. The number of carbonyl (C=O) groups is 2. The van der Waals surface area contributed by atoms with Crippen LogP contribution in [0.25, 0.3) is 0 Å². The second kappa shape index (κ2) is 6.06. The zero-order valence-electron chi connectivity index (χ0n) is 9.62. The molecule has 16 heavy (non-hydrogen) atoms. The van der Waals surface area contributed by atoms with E-state index >= 15 is 0 Å². The van der Waals surface area contributed by atoms with E-state index in [1.54, 1.807) is 13.8 Å². The number of ether oxygens (including phenoxy) is 1. The van der Waals surface area contributed by atoms with Crippen LogP contribution in [0.2, 0.25) is 0 Å². The molecule has 0 saturated heterocycles. The van der Waals surface area contributed by atoms with E-state index in [2.05, 4.69) is 5.32 Å². The summed E-state index contributed by atoms with van der Waals surface area (Å²) >= 11 is 0. The van der Waals surface area contributed by atoms with Crippen LogP contribution in [0.15, 0.2) is 0 Å². The van der Waals surface area contributed by atoms with E-state index in [0.717, 1.165) is 12.8 Å². The van der Waals surface area contributed by atoms with E-state index in [-0.39, 0.29) is 36.7 Å². The Morgan fingerprint density at radius 3 is 2.50 bits per heavy atom. The normalized spacial score (nSPS) is 17.9. The average molecular weight is 251 g/mol. The Morgan fingerprint density at radius 2 is 2.06 bits per heavy atom. The van der Waals surface area contributed by atoms with Crippen LogP contribution < -0.4 is 11.1 Å². The number of esters is 1. The van der Waals surface area contributed by atoms with E-state index in [4.69, 9.17) is 10.5 Å². The van der Waals surface area contributed by atoms with Crippen molar-refractivity contribution in [2.75, 3.05) is 13.2 Å². The highest BCUT2D eigenvalue weighted by molar-refractivity contribution is 5.89. The topological polar surface area (TPSA) is 81.4 Å². The molecule has 3 N–H and O–H groups in total. The van der Waals surface area contributed by atoms with Crippen LogP contribution in [0.3, 0.4) is 0 Å². The van der Waals surface area contributed by atoms with Gasteiger partial charge in [-0.15, -0.1) is 12.4 Å². The van der Waals surface area contributed by atoms with Crippen molar-refractivity contribution in [3.05, 3.63) is 0 Å². The lowest BCUT2D eigenvalue weighted by Crippen LogP contribution is -2.45. The third-order valence-corrected chi connectivity index (χ3v) is 2.50. The van der Waals surface area contributed by atoms with Crippen molar-refractivity contribution in [1.29, 1.82) is 0 Å². The highest BCUT2D eigenvalue weighted by Crippen LogP contribution is 2.32. The maximum absolute atomic E-state index is 11.4. The lowest BCUT2D eigenvalue weighted by atomic mass is 10.1. The van der Waals surface area contributed by atoms with E-state index in [0.29, 0.717) is 6.61 Å². The molecule has 94 valence electrons. The second-order valence-electron chi connectivity index (χ2n) is 4.02. The number of rotatable bonds is 5. The van der Waals surface area contributed by atoms with Gasteiger partial charge in [0.1, 0.15) is 0 Å². The Balaban J connectivity index is 0.00000225. The summed E-state index contributed by atoms with van der Waals surface area (Å²) in [6.45, 7) is 4.12. The fourth-order valence-corrected chi connectivity index (χ4v) is 1.15. The summed E-state index contributed by atoms with van der Waals surface area (Å²) in [6.07, 6.45) is 1.46. The smallest absolute Gasteiger partial charge is 0.310 e. The largest absolute Gasteiger partial charge is 0.466 e. The number of carbonyl (C=O) groups excluding carboxylic acids is 2. The Labute approximate surface area is 101 Å². The zero-order valence-corrected chi connectivity index (χ0v) is 10.4. The van der Waals surface area contributed by atoms with Crippen molar-refractivity contribution in [2.45, 2.75) is 32.2 Å². The van der Waals surface area contributed by atoms with Gasteiger partial charge < -0.3 is 15.8 Å². The molecule has 1 atom stereocenters. The molecule has 0 aliphatic heterocycles. The summed E-state index contributed by atoms with van der Waals surface area (Å²) in [7, 11) is 0. The molecule has 1 rings (SSSR count). The number of nitrogens with two attached hydrogens (primary N) is 1. The molecule has 1 saturated carbocycles. The van der Waals surface area contributed by atoms with Gasteiger partial charge >= 0.3 is 5.97 Å². The molecule has 1 unspecified atom stereocenters. The van der Waals surface area contributed by atoms with Crippen LogP contribution in [0.4, 0.5) is 0 Å². The van der Waals surface area contributed by atoms with Crippen LogP contribution in [0.5, 0.6) is 0 Å². The summed E-state index contributed by atoms with van der Waals surface area (Å²) in [5.74, 6) is -0.783. The predicted octanol–water partition coefficient (Wildman–Crippen LogP) is 0.215. The van der Waals surface area contributed by atoms with Gasteiger partial charge in [-0.1, -0.05) is 6.92 Å². The first-order chi connectivity index (χ1) is 6.99. The van der Waals surface area contributed by atoms with Crippen molar-refractivity contribution in [3.63, 3.8) is 0 Å². The molecule has 1 aliphatic carbocycles. The van der Waals surface area contributed by atoms with Gasteiger partial charge in [0, 0.05) is 6.54 Å². The van der Waals surface area contributed by atoms with Gasteiger partial charge in [-0.25, -0.2) is 0 Å². The molecular weight excluding hydrogens is 232 g/mol. The van der Waals surface area contributed by atoms with Crippen molar-refractivity contribution in [2.24, 2.45) is 11.7 Å². The van der Waals surface area contributed by atoms with E-state index in [1.165, 1.54) is 0 Å². The standard InChI is InChI=1S/C10H18N2O3.ClH/c1-3-15-8(13)7(2)6-12-9(14)10(11)4-5-10;/h7H,3-6,11H2,1-2H3,(H,12,14);1H. The molecule has 0 aromatic carbocycles. The first-order valence-electron chi connectivity index (χ1n) is 5.23. The molecule has 5 nitrogen and oxygen atoms in total. The highest BCUT2D eigenvalue weighted by atomic mass is 35.5. The Hall–Kier alpha value is -0.810. The minimum Gasteiger partial charge on any atom is -0.466 e. The van der Waals surface area contributed by atoms with Gasteiger partial charge in [0.2, 0.25) is 5.91 Å². The lowest BCUT2D eigenvalue weighted by Gasteiger charge is -2.13. The molecule has 0 spiro atoms. The summed E-state index contributed by atoms with van der Waals surface area (Å²) in [4.78, 5) is 22.6. The van der Waals surface area contributed by atoms with Crippen LogP contribution >= 0.6 is 12.4 Å². The molecular formula is C10H19ClN2O3. The molecule has 6 heteroatoms. The summed E-state index contributed by atoms with van der Waals surface area (Å²) in [6, 6.07) is 0. The first kappa shape index (κ1) is 15.2. The molecule has 0 bridgehead atoms. The maximum Gasteiger partial charge on any atom is 0.310 e. The van der Waals surface area contributed by atoms with Gasteiger partial charge in [-0.3, -0.25) is 9.59 Å². The minimum absolute atomic E-state index is 0. The summed E-state index contributed by atoms with van der Waals surface area (Å²) < 4.78 is 4.82. The number of hydrogen-bond donors (Lipinski definition) is 2. The van der Waals surface area contributed by atoms with Crippen LogP contribution in [-0.2, 0) is 14.3 Å². The van der Waals surface area contributed by atoms with Crippen LogP contribution in [0, 0.1) is 5.92 Å². The highest BCUT2D eigenvalue weighted by Gasteiger charge is 2.45. The van der Waals surface area contributed by atoms with E-state index in [9.17, 15) is 9.59 Å². The summed E-state index contributed by atoms with van der Waals surface area (Å²) in [5, 5.41) is 2.66. The van der Waals surface area contributed by atoms with Gasteiger partial charge in [0.15, 0.2) is 0 Å². The monoisotopic (exact) mass is 250 g/mol. The summed E-state index contributed by atoms with van der Waals surface area (Å²) in [5.41, 5.74) is 5.01. The van der Waals surface area contributed by atoms with Gasteiger partial charge in [-0.05, 0) is 19.8 Å². The van der Waals surface area contributed by atoms with E-state index < -0.39 is 5.54 Å². The SMILES string of the molecule is CCOC(=O)C(C)CNC(=O)C1(N)CC1.Cl. The van der Waals surface area contributed by atoms with Crippen molar-refractivity contribution >= 4 is 24.3 Å². The second-order valence-corrected chi connectivity index (χ2v) is 4.02. The van der Waals surface area contributed by atoms with Crippen LogP contribution in [-0.4, -0.2) is 30.6 Å². The molecule has 0 heterocycles. The molecule has 1 aliphatic rings. The van der Waals surface area contributed by atoms with Gasteiger partial charge in [-0.2, -0.15) is 0 Å². The first-order valence-corrected chi connectivity index (χ1v) is 5.23. The van der Waals surface area contributed by atoms with Gasteiger partial charge in [0.05, 0.1) is 18.1 Å². The zero-order chi connectivity index (χ0) is 11.5. The number of amides is 1. The number of nitrogens with one attached hydrogen (secondary N) is 1. The third kappa shape index (κ3) is 3.98. The maximum atomic E-state index is 11.4. The molecule has 1 amide bonds. The van der Waals surface area contributed by atoms with Gasteiger partial charge in [0.25, 0.3) is 0 Å².